The topological polar surface area (TPSA) is 57.6 Å². The predicted octanol–water partition coefficient (Wildman–Crippen LogP) is 2.55. The first-order chi connectivity index (χ1) is 9.18. The smallest absolute Gasteiger partial charge is 0.303 e. The molecule has 1 aromatic rings. The van der Waals surface area contributed by atoms with Gasteiger partial charge in [0.05, 0.1) is 0 Å². The fourth-order valence-corrected chi connectivity index (χ4v) is 2.60. The van der Waals surface area contributed by atoms with Crippen LogP contribution in [0.3, 0.4) is 0 Å². The molecule has 0 bridgehead atoms. The summed E-state index contributed by atoms with van der Waals surface area (Å²) in [4.78, 5) is 25.0. The molecule has 19 heavy (non-hydrogen) atoms. The zero-order valence-corrected chi connectivity index (χ0v) is 10.9. The third-order valence-corrected chi connectivity index (χ3v) is 3.60. The average molecular weight is 261 g/mol. The van der Waals surface area contributed by atoms with Crippen LogP contribution in [0.4, 0.5) is 0 Å². The lowest BCUT2D eigenvalue weighted by Gasteiger charge is -2.35. The maximum atomic E-state index is 12.4. The number of carboxylic acid groups (broad SMARTS) is 1. The molecule has 1 atom stereocenters. The van der Waals surface area contributed by atoms with Crippen LogP contribution in [0.15, 0.2) is 30.3 Å². The van der Waals surface area contributed by atoms with E-state index in [1.807, 2.05) is 35.2 Å². The lowest BCUT2D eigenvalue weighted by atomic mass is 9.97. The Balaban J connectivity index is 2.06. The van der Waals surface area contributed by atoms with Gasteiger partial charge in [0.25, 0.3) is 5.91 Å². The van der Waals surface area contributed by atoms with Crippen molar-refractivity contribution in [1.29, 1.82) is 0 Å². The van der Waals surface area contributed by atoms with Crippen LogP contribution < -0.4 is 0 Å². The van der Waals surface area contributed by atoms with Gasteiger partial charge in [-0.3, -0.25) is 9.59 Å². The minimum Gasteiger partial charge on any atom is -0.481 e. The summed E-state index contributed by atoms with van der Waals surface area (Å²) in [5.74, 6) is -0.770. The lowest BCUT2D eigenvalue weighted by Crippen LogP contribution is -2.43. The molecule has 0 spiro atoms. The first kappa shape index (κ1) is 13.6. The molecule has 0 unspecified atom stereocenters. The molecule has 0 aliphatic carbocycles. The molecule has 0 saturated carbocycles. The molecule has 1 aliphatic rings. The fourth-order valence-electron chi connectivity index (χ4n) is 2.60. The van der Waals surface area contributed by atoms with Gasteiger partial charge in [0.1, 0.15) is 0 Å². The summed E-state index contributed by atoms with van der Waals surface area (Å²) in [6.07, 6.45) is 3.66. The Bertz CT molecular complexity index is 444. The molecule has 1 N–H and O–H groups in total. The fraction of sp³-hybridized carbons (Fsp3) is 0.467. The van der Waals surface area contributed by atoms with Crippen LogP contribution in [0.1, 0.15) is 42.5 Å². The summed E-state index contributed by atoms with van der Waals surface area (Å²) < 4.78 is 0. The van der Waals surface area contributed by atoms with Gasteiger partial charge < -0.3 is 10.0 Å². The molecule has 4 heteroatoms. The Morgan fingerprint density at radius 1 is 1.21 bits per heavy atom. The highest BCUT2D eigenvalue weighted by atomic mass is 16.4. The first-order valence-corrected chi connectivity index (χ1v) is 6.76. The summed E-state index contributed by atoms with van der Waals surface area (Å²) in [5.41, 5.74) is 0.685. The number of nitrogens with zero attached hydrogens (tertiary/aromatic N) is 1. The highest BCUT2D eigenvalue weighted by Gasteiger charge is 2.27. The first-order valence-electron chi connectivity index (χ1n) is 6.76. The molecule has 0 radical (unpaired) electrons. The van der Waals surface area contributed by atoms with Crippen molar-refractivity contribution in [3.63, 3.8) is 0 Å². The van der Waals surface area contributed by atoms with Crippen molar-refractivity contribution in [1.82, 2.24) is 4.90 Å². The SMILES string of the molecule is O=C(O)CC[C@@H]1CCCCN1C(=O)c1ccccc1. The quantitative estimate of drug-likeness (QED) is 0.906. The van der Waals surface area contributed by atoms with Gasteiger partial charge >= 0.3 is 5.97 Å². The number of piperidine rings is 1. The van der Waals surface area contributed by atoms with Crippen molar-refractivity contribution in [2.45, 2.75) is 38.1 Å². The number of aliphatic carboxylic acids is 1. The van der Waals surface area contributed by atoms with Crippen molar-refractivity contribution in [2.24, 2.45) is 0 Å². The summed E-state index contributed by atoms with van der Waals surface area (Å²) in [7, 11) is 0. The number of hydrogen-bond donors (Lipinski definition) is 1. The van der Waals surface area contributed by atoms with E-state index in [0.29, 0.717) is 12.0 Å². The van der Waals surface area contributed by atoms with Gasteiger partial charge in [-0.05, 0) is 37.8 Å². The van der Waals surface area contributed by atoms with Crippen LogP contribution in [-0.4, -0.2) is 34.5 Å². The van der Waals surface area contributed by atoms with E-state index < -0.39 is 5.97 Å². The minimum atomic E-state index is -0.794. The summed E-state index contributed by atoms with van der Waals surface area (Å²) in [5, 5.41) is 8.78. The molecule has 4 nitrogen and oxygen atoms in total. The Kier molecular flexibility index (Phi) is 4.55. The molecule has 1 aromatic carbocycles. The molecular formula is C15H19NO3. The average Bonchev–Trinajstić information content (AvgIpc) is 2.45. The number of amides is 1. The number of likely N-dealkylation sites (tertiary alicyclic amines) is 1. The number of hydrogen-bond acceptors (Lipinski definition) is 2. The van der Waals surface area contributed by atoms with Crippen LogP contribution in [0.2, 0.25) is 0 Å². The Morgan fingerprint density at radius 2 is 1.95 bits per heavy atom. The van der Waals surface area contributed by atoms with E-state index in [4.69, 9.17) is 5.11 Å². The second kappa shape index (κ2) is 6.36. The normalized spacial score (nSPS) is 19.2. The number of benzene rings is 1. The van der Waals surface area contributed by atoms with E-state index in [1.54, 1.807) is 0 Å². The Morgan fingerprint density at radius 3 is 2.63 bits per heavy atom. The Labute approximate surface area is 113 Å². The second-order valence-electron chi connectivity index (χ2n) is 4.95. The van der Waals surface area contributed by atoms with Crippen molar-refractivity contribution in [2.75, 3.05) is 6.54 Å². The lowest BCUT2D eigenvalue weighted by molar-refractivity contribution is -0.137. The van der Waals surface area contributed by atoms with Crippen LogP contribution in [0.5, 0.6) is 0 Å². The van der Waals surface area contributed by atoms with Gasteiger partial charge in [0, 0.05) is 24.6 Å². The summed E-state index contributed by atoms with van der Waals surface area (Å²) >= 11 is 0. The molecule has 1 amide bonds. The van der Waals surface area contributed by atoms with Gasteiger partial charge in [-0.15, -0.1) is 0 Å². The van der Waals surface area contributed by atoms with Gasteiger partial charge in [-0.25, -0.2) is 0 Å². The molecule has 1 fully saturated rings. The van der Waals surface area contributed by atoms with E-state index in [9.17, 15) is 9.59 Å². The van der Waals surface area contributed by atoms with Crippen molar-refractivity contribution in [3.05, 3.63) is 35.9 Å². The highest BCUT2D eigenvalue weighted by molar-refractivity contribution is 5.94. The molecule has 102 valence electrons. The third-order valence-electron chi connectivity index (χ3n) is 3.60. The minimum absolute atomic E-state index is 0.0238. The zero-order valence-electron chi connectivity index (χ0n) is 10.9. The van der Waals surface area contributed by atoms with Gasteiger partial charge in [0.15, 0.2) is 0 Å². The van der Waals surface area contributed by atoms with Crippen molar-refractivity contribution < 1.29 is 14.7 Å². The maximum Gasteiger partial charge on any atom is 0.303 e. The van der Waals surface area contributed by atoms with Crippen molar-refractivity contribution in [3.8, 4) is 0 Å². The number of carbonyl (C=O) groups excluding carboxylic acids is 1. The standard InChI is InChI=1S/C15H19NO3/c17-14(18)10-9-13-8-4-5-11-16(13)15(19)12-6-2-1-3-7-12/h1-3,6-7,13H,4-5,8-11H2,(H,17,18)/t13-/m0/s1. The molecule has 0 aromatic heterocycles. The largest absolute Gasteiger partial charge is 0.481 e. The van der Waals surface area contributed by atoms with Crippen LogP contribution in [0, 0.1) is 0 Å². The number of carbonyl (C=O) groups is 2. The van der Waals surface area contributed by atoms with Crippen LogP contribution >= 0.6 is 0 Å². The van der Waals surface area contributed by atoms with Gasteiger partial charge in [0.2, 0.25) is 0 Å². The van der Waals surface area contributed by atoms with Crippen LogP contribution in [0.25, 0.3) is 0 Å². The molecule has 2 rings (SSSR count). The number of rotatable bonds is 4. The van der Waals surface area contributed by atoms with E-state index in [1.165, 1.54) is 0 Å². The molecular weight excluding hydrogens is 242 g/mol. The highest BCUT2D eigenvalue weighted by Crippen LogP contribution is 2.23. The predicted molar refractivity (Wildman–Crippen MR) is 72.0 cm³/mol. The monoisotopic (exact) mass is 261 g/mol. The van der Waals surface area contributed by atoms with Crippen molar-refractivity contribution >= 4 is 11.9 Å². The second-order valence-corrected chi connectivity index (χ2v) is 4.95. The maximum absolute atomic E-state index is 12.4. The third kappa shape index (κ3) is 3.56. The summed E-state index contributed by atoms with van der Waals surface area (Å²) in [6, 6.07) is 9.27. The van der Waals surface area contributed by atoms with E-state index in [-0.39, 0.29) is 18.4 Å². The Hall–Kier alpha value is -1.84. The van der Waals surface area contributed by atoms with E-state index in [2.05, 4.69) is 0 Å². The van der Waals surface area contributed by atoms with Gasteiger partial charge in [-0.1, -0.05) is 18.2 Å². The van der Waals surface area contributed by atoms with Crippen LogP contribution in [-0.2, 0) is 4.79 Å². The molecule has 1 aliphatic heterocycles. The molecule has 1 saturated heterocycles. The zero-order chi connectivity index (χ0) is 13.7. The molecule has 1 heterocycles. The van der Waals surface area contributed by atoms with E-state index >= 15 is 0 Å². The van der Waals surface area contributed by atoms with Gasteiger partial charge in [-0.2, -0.15) is 0 Å². The summed E-state index contributed by atoms with van der Waals surface area (Å²) in [6.45, 7) is 0.734. The van der Waals surface area contributed by atoms with E-state index in [0.717, 1.165) is 25.8 Å². The number of carboxylic acids is 1.